The van der Waals surface area contributed by atoms with E-state index in [1.54, 1.807) is 23.1 Å². The number of benzene rings is 1. The molecular weight excluding hydrogens is 404 g/mol. The van der Waals surface area contributed by atoms with Crippen LogP contribution in [0.25, 0.3) is 5.65 Å². The van der Waals surface area contributed by atoms with Gasteiger partial charge in [0.25, 0.3) is 5.91 Å². The standard InChI is InChI=1S/C22H23ClN4O3/c1-14-5-3-7-20-25-16(13-27(14)20)12-24-21(28)18-6-4-10-26(18)22(29)17-11-15(23)8-9-19(17)30-2/h3,5,7-9,11,13,18H,4,6,10,12H2,1-2H3,(H,24,28). The van der Waals surface area contributed by atoms with E-state index in [4.69, 9.17) is 16.3 Å². The Labute approximate surface area is 179 Å². The molecule has 2 amide bonds. The van der Waals surface area contributed by atoms with Crippen molar-refractivity contribution >= 4 is 29.1 Å². The molecule has 2 aromatic heterocycles. The van der Waals surface area contributed by atoms with Crippen LogP contribution in [0.5, 0.6) is 5.75 Å². The van der Waals surface area contributed by atoms with E-state index in [-0.39, 0.29) is 11.8 Å². The number of hydrogen-bond acceptors (Lipinski definition) is 4. The van der Waals surface area contributed by atoms with Crippen molar-refractivity contribution in [1.29, 1.82) is 0 Å². The lowest BCUT2D eigenvalue weighted by Crippen LogP contribution is -2.45. The van der Waals surface area contributed by atoms with Crippen LogP contribution in [0.15, 0.2) is 42.6 Å². The van der Waals surface area contributed by atoms with Gasteiger partial charge in [-0.25, -0.2) is 4.98 Å². The van der Waals surface area contributed by atoms with Gasteiger partial charge in [-0.3, -0.25) is 9.59 Å². The second-order valence-electron chi connectivity index (χ2n) is 7.35. The molecule has 1 N–H and O–H groups in total. The fourth-order valence-corrected chi connectivity index (χ4v) is 4.04. The molecule has 1 aliphatic rings. The normalized spacial score (nSPS) is 16.1. The monoisotopic (exact) mass is 426 g/mol. The molecule has 1 saturated heterocycles. The summed E-state index contributed by atoms with van der Waals surface area (Å²) in [6, 6.07) is 10.3. The molecule has 156 valence electrons. The Kier molecular flexibility index (Phi) is 5.63. The maximum atomic E-state index is 13.1. The zero-order valence-electron chi connectivity index (χ0n) is 16.9. The summed E-state index contributed by atoms with van der Waals surface area (Å²) >= 11 is 6.07. The minimum atomic E-state index is -0.528. The van der Waals surface area contributed by atoms with Gasteiger partial charge >= 0.3 is 0 Å². The summed E-state index contributed by atoms with van der Waals surface area (Å²) in [6.07, 6.45) is 3.30. The van der Waals surface area contributed by atoms with E-state index >= 15 is 0 Å². The van der Waals surface area contributed by atoms with Crippen LogP contribution < -0.4 is 10.1 Å². The van der Waals surface area contributed by atoms with Crippen LogP contribution in [-0.2, 0) is 11.3 Å². The zero-order valence-corrected chi connectivity index (χ0v) is 17.6. The van der Waals surface area contributed by atoms with Crippen molar-refractivity contribution in [3.8, 4) is 5.75 Å². The highest BCUT2D eigenvalue weighted by atomic mass is 35.5. The first-order valence-electron chi connectivity index (χ1n) is 9.84. The largest absolute Gasteiger partial charge is 0.496 e. The van der Waals surface area contributed by atoms with Crippen molar-refractivity contribution in [2.24, 2.45) is 0 Å². The second kappa shape index (κ2) is 8.36. The molecule has 1 aromatic carbocycles. The van der Waals surface area contributed by atoms with Crippen molar-refractivity contribution in [2.75, 3.05) is 13.7 Å². The number of imidazole rings is 1. The van der Waals surface area contributed by atoms with E-state index in [1.807, 2.05) is 35.7 Å². The van der Waals surface area contributed by atoms with E-state index in [1.165, 1.54) is 7.11 Å². The van der Waals surface area contributed by atoms with Crippen molar-refractivity contribution in [1.82, 2.24) is 19.6 Å². The number of fused-ring (bicyclic) bond motifs is 1. The minimum absolute atomic E-state index is 0.185. The van der Waals surface area contributed by atoms with Crippen LogP contribution in [0.4, 0.5) is 0 Å². The molecule has 7 nitrogen and oxygen atoms in total. The molecule has 1 atom stereocenters. The average Bonchev–Trinajstić information content (AvgIpc) is 3.39. The van der Waals surface area contributed by atoms with E-state index in [9.17, 15) is 9.59 Å². The van der Waals surface area contributed by atoms with Crippen molar-refractivity contribution in [3.63, 3.8) is 0 Å². The first-order chi connectivity index (χ1) is 14.5. The number of pyridine rings is 1. The highest BCUT2D eigenvalue weighted by molar-refractivity contribution is 6.31. The Bertz CT molecular complexity index is 1110. The summed E-state index contributed by atoms with van der Waals surface area (Å²) in [6.45, 7) is 2.82. The summed E-state index contributed by atoms with van der Waals surface area (Å²) in [5.41, 5.74) is 3.04. The number of nitrogens with zero attached hydrogens (tertiary/aromatic N) is 3. The maximum absolute atomic E-state index is 13.1. The molecule has 8 heteroatoms. The van der Waals surface area contributed by atoms with Crippen molar-refractivity contribution < 1.29 is 14.3 Å². The zero-order chi connectivity index (χ0) is 21.3. The first kappa shape index (κ1) is 20.2. The fraction of sp³-hybridized carbons (Fsp3) is 0.318. The molecule has 30 heavy (non-hydrogen) atoms. The topological polar surface area (TPSA) is 75.9 Å². The molecule has 3 aromatic rings. The van der Waals surface area contributed by atoms with Gasteiger partial charge in [-0.1, -0.05) is 17.7 Å². The van der Waals surface area contributed by atoms with E-state index < -0.39 is 6.04 Å². The fourth-order valence-electron chi connectivity index (χ4n) is 3.86. The molecule has 0 spiro atoms. The summed E-state index contributed by atoms with van der Waals surface area (Å²) in [5, 5.41) is 3.38. The number of rotatable bonds is 5. The molecule has 0 saturated carbocycles. The number of aryl methyl sites for hydroxylation is 1. The highest BCUT2D eigenvalue weighted by Gasteiger charge is 2.35. The predicted molar refractivity (Wildman–Crippen MR) is 114 cm³/mol. The third-order valence-corrected chi connectivity index (χ3v) is 5.63. The van der Waals surface area contributed by atoms with Gasteiger partial charge in [-0.2, -0.15) is 0 Å². The van der Waals surface area contributed by atoms with E-state index in [0.29, 0.717) is 35.8 Å². The first-order valence-corrected chi connectivity index (χ1v) is 10.2. The van der Waals surface area contributed by atoms with Gasteiger partial charge in [0.15, 0.2) is 0 Å². The average molecular weight is 427 g/mol. The number of hydrogen-bond donors (Lipinski definition) is 1. The second-order valence-corrected chi connectivity index (χ2v) is 7.78. The quantitative estimate of drug-likeness (QED) is 0.679. The Morgan fingerprint density at radius 1 is 1.30 bits per heavy atom. The number of ether oxygens (including phenoxy) is 1. The summed E-state index contributed by atoms with van der Waals surface area (Å²) in [7, 11) is 1.50. The van der Waals surface area contributed by atoms with Gasteiger partial charge in [0.2, 0.25) is 5.91 Å². The number of likely N-dealkylation sites (tertiary alicyclic amines) is 1. The molecule has 0 bridgehead atoms. The van der Waals surface area contributed by atoms with Gasteiger partial charge in [0, 0.05) is 23.5 Å². The number of amides is 2. The number of aromatic nitrogens is 2. The molecule has 3 heterocycles. The molecule has 1 fully saturated rings. The van der Waals surface area contributed by atoms with Crippen molar-refractivity contribution in [3.05, 3.63) is 64.6 Å². The Hall–Kier alpha value is -3.06. The van der Waals surface area contributed by atoms with Gasteiger partial charge < -0.3 is 19.4 Å². The Morgan fingerprint density at radius 2 is 2.13 bits per heavy atom. The lowest BCUT2D eigenvalue weighted by atomic mass is 10.1. The van der Waals surface area contributed by atoms with Crippen LogP contribution in [0.2, 0.25) is 5.02 Å². The molecule has 0 aliphatic carbocycles. The van der Waals surface area contributed by atoms with Crippen LogP contribution in [0.3, 0.4) is 0 Å². The van der Waals surface area contributed by atoms with Crippen LogP contribution in [-0.4, -0.2) is 45.8 Å². The summed E-state index contributed by atoms with van der Waals surface area (Å²) in [5.74, 6) is 0.00139. The maximum Gasteiger partial charge on any atom is 0.258 e. The number of carbonyl (C=O) groups is 2. The number of carbonyl (C=O) groups excluding carboxylic acids is 2. The Balaban J connectivity index is 1.47. The molecule has 1 aliphatic heterocycles. The third-order valence-electron chi connectivity index (χ3n) is 5.40. The third kappa shape index (κ3) is 3.85. The molecular formula is C22H23ClN4O3. The van der Waals surface area contributed by atoms with Crippen LogP contribution in [0, 0.1) is 6.92 Å². The molecule has 1 unspecified atom stereocenters. The molecule has 0 radical (unpaired) electrons. The summed E-state index contributed by atoms with van der Waals surface area (Å²) in [4.78, 5) is 32.1. The van der Waals surface area contributed by atoms with Gasteiger partial charge in [-0.05, 0) is 50.1 Å². The molecule has 4 rings (SSSR count). The number of nitrogens with one attached hydrogen (secondary N) is 1. The smallest absolute Gasteiger partial charge is 0.258 e. The highest BCUT2D eigenvalue weighted by Crippen LogP contribution is 2.27. The lowest BCUT2D eigenvalue weighted by molar-refractivity contribution is -0.125. The van der Waals surface area contributed by atoms with Crippen LogP contribution >= 0.6 is 11.6 Å². The van der Waals surface area contributed by atoms with E-state index in [2.05, 4.69) is 10.3 Å². The lowest BCUT2D eigenvalue weighted by Gasteiger charge is -2.24. The van der Waals surface area contributed by atoms with Crippen molar-refractivity contribution in [2.45, 2.75) is 32.4 Å². The SMILES string of the molecule is COc1ccc(Cl)cc1C(=O)N1CCCC1C(=O)NCc1cn2c(C)cccc2n1. The Morgan fingerprint density at radius 3 is 2.90 bits per heavy atom. The van der Waals surface area contributed by atoms with Crippen LogP contribution in [0.1, 0.15) is 34.6 Å². The summed E-state index contributed by atoms with van der Waals surface area (Å²) < 4.78 is 7.29. The number of halogens is 1. The van der Waals surface area contributed by atoms with Gasteiger partial charge in [0.05, 0.1) is 24.9 Å². The van der Waals surface area contributed by atoms with E-state index in [0.717, 1.165) is 23.5 Å². The number of methoxy groups -OCH3 is 1. The minimum Gasteiger partial charge on any atom is -0.496 e. The van der Waals surface area contributed by atoms with Gasteiger partial charge in [-0.15, -0.1) is 0 Å². The van der Waals surface area contributed by atoms with Gasteiger partial charge in [0.1, 0.15) is 17.4 Å². The predicted octanol–water partition coefficient (Wildman–Crippen LogP) is 3.23.